The van der Waals surface area contributed by atoms with Gasteiger partial charge < -0.3 is 18.9 Å². The molecule has 0 radical (unpaired) electrons. The highest BCUT2D eigenvalue weighted by atomic mass is 32.1. The maximum Gasteiger partial charge on any atom is 0.0556 e. The van der Waals surface area contributed by atoms with Gasteiger partial charge >= 0.3 is 0 Å². The Bertz CT molecular complexity index is 7900. The number of anilines is 6. The Hall–Kier alpha value is -14.4. The summed E-state index contributed by atoms with van der Waals surface area (Å²) in [6, 6.07) is 151. The average Bonchev–Trinajstić information content (AvgIpc) is 1.56. The molecule has 1 aliphatic carbocycles. The molecule has 0 unspecified atom stereocenters. The number of para-hydroxylation sites is 4. The van der Waals surface area contributed by atoms with Gasteiger partial charge in [0, 0.05) is 113 Å². The minimum atomic E-state index is -0.212. The molecule has 0 N–H and O–H groups in total. The van der Waals surface area contributed by atoms with E-state index in [1.807, 2.05) is 22.7 Å². The third-order valence-corrected chi connectivity index (χ3v) is 27.0. The molecule has 6 heteroatoms. The van der Waals surface area contributed by atoms with E-state index in [2.05, 4.69) is 445 Å². The molecule has 1 aliphatic rings. The standard InChI is InChI=1S/C56H36N2S.C55H38N2S/c1-2-14-42(15-3-1)57(43-28-24-38(25-29-43)41-23-22-37-12-4-5-13-40(37)36-41)44-30-26-39(27-31-44)45-32-34-52(47-17-7-6-16-46(45)47)58-51-20-10-8-19-50(51)55-53(58)35-33-49-48-18-9-11-21-54(48)59-56(49)55;1-55(2)48-33-41(56(39-14-4-3-5-15-39)40-24-22-36(23-25-40)38-21-20-35-12-6-7-13-37(35)32-38)26-28-43(48)44-29-27-42(34-49(44)55)57-50-18-10-8-17-47(50)53-51(57)31-30-46-45-16-9-11-19-52(45)58-54(46)53/h1-36H;3-34H,1-2H3. The smallest absolute Gasteiger partial charge is 0.0556 e. The normalized spacial score (nSPS) is 12.4. The molecule has 0 amide bonds. The van der Waals surface area contributed by atoms with Crippen LogP contribution in [0.1, 0.15) is 25.0 Å². The molecule has 0 bridgehead atoms. The zero-order valence-electron chi connectivity index (χ0n) is 64.4. The number of fused-ring (bicyclic) bond motifs is 20. The van der Waals surface area contributed by atoms with Crippen molar-refractivity contribution in [3.63, 3.8) is 0 Å². The van der Waals surface area contributed by atoms with Gasteiger partial charge in [0.1, 0.15) is 0 Å². The van der Waals surface area contributed by atoms with Crippen LogP contribution in [0.4, 0.5) is 34.1 Å². The van der Waals surface area contributed by atoms with Gasteiger partial charge in [-0.3, -0.25) is 0 Å². The maximum absolute atomic E-state index is 2.48. The van der Waals surface area contributed by atoms with Crippen molar-refractivity contribution in [3.05, 3.63) is 424 Å². The molecule has 0 fully saturated rings. The fourth-order valence-electron chi connectivity index (χ4n) is 18.9. The number of aromatic nitrogens is 2. The highest BCUT2D eigenvalue weighted by Gasteiger charge is 2.37. The van der Waals surface area contributed by atoms with Gasteiger partial charge in [-0.2, -0.15) is 0 Å². The van der Waals surface area contributed by atoms with Crippen molar-refractivity contribution in [3.8, 4) is 55.9 Å². The molecule has 0 atom stereocenters. The number of benzene rings is 19. The van der Waals surface area contributed by atoms with Crippen LogP contribution in [0.15, 0.2) is 413 Å². The molecule has 19 aromatic carbocycles. The molecule has 0 saturated heterocycles. The molecular formula is C111H74N4S2. The summed E-state index contributed by atoms with van der Waals surface area (Å²) >= 11 is 3.81. The van der Waals surface area contributed by atoms with E-state index in [1.54, 1.807) is 0 Å². The summed E-state index contributed by atoms with van der Waals surface area (Å²) in [6.45, 7) is 4.78. The number of rotatable bonds is 11. The van der Waals surface area contributed by atoms with E-state index in [9.17, 15) is 0 Å². The zero-order valence-corrected chi connectivity index (χ0v) is 66.0. The van der Waals surface area contributed by atoms with Crippen molar-refractivity contribution in [2.24, 2.45) is 0 Å². The lowest BCUT2D eigenvalue weighted by atomic mass is 9.82. The summed E-state index contributed by atoms with van der Waals surface area (Å²) in [5.74, 6) is 0. The predicted molar refractivity (Wildman–Crippen MR) is 503 cm³/mol. The first-order valence-electron chi connectivity index (χ1n) is 40.3. The van der Waals surface area contributed by atoms with Gasteiger partial charge in [-0.15, -0.1) is 22.7 Å². The Morgan fingerprint density at radius 3 is 1.15 bits per heavy atom. The molecule has 0 aliphatic heterocycles. The third-order valence-electron chi connectivity index (χ3n) is 24.5. The Morgan fingerprint density at radius 2 is 0.615 bits per heavy atom. The molecule has 4 aromatic heterocycles. The van der Waals surface area contributed by atoms with Crippen LogP contribution in [-0.2, 0) is 5.41 Å². The Balaban J connectivity index is 0.000000138. The lowest BCUT2D eigenvalue weighted by Gasteiger charge is -2.28. The van der Waals surface area contributed by atoms with E-state index in [-0.39, 0.29) is 5.41 Å². The first-order chi connectivity index (χ1) is 57.8. The van der Waals surface area contributed by atoms with Crippen molar-refractivity contribution in [2.75, 3.05) is 9.80 Å². The molecule has 23 aromatic rings. The second-order valence-electron chi connectivity index (χ2n) is 31.4. The van der Waals surface area contributed by atoms with Crippen molar-refractivity contribution >= 4 is 173 Å². The minimum Gasteiger partial charge on any atom is -0.311 e. The fourth-order valence-corrected chi connectivity index (χ4v) is 21.4. The average molecular weight is 1530 g/mol. The third kappa shape index (κ3) is 11.2. The topological polar surface area (TPSA) is 16.3 Å². The first-order valence-corrected chi connectivity index (χ1v) is 41.9. The van der Waals surface area contributed by atoms with Crippen LogP contribution in [0, 0.1) is 0 Å². The van der Waals surface area contributed by atoms with Gasteiger partial charge in [0.2, 0.25) is 0 Å². The molecule has 4 heterocycles. The van der Waals surface area contributed by atoms with E-state index in [0.29, 0.717) is 0 Å². The molecule has 24 rings (SSSR count). The van der Waals surface area contributed by atoms with Crippen LogP contribution in [0.5, 0.6) is 0 Å². The fraction of sp³-hybridized carbons (Fsp3) is 0.0270. The highest BCUT2D eigenvalue weighted by Crippen LogP contribution is 2.54. The summed E-state index contributed by atoms with van der Waals surface area (Å²) in [7, 11) is 0. The summed E-state index contributed by atoms with van der Waals surface area (Å²) < 4.78 is 10.3. The van der Waals surface area contributed by atoms with Crippen molar-refractivity contribution in [2.45, 2.75) is 19.3 Å². The molecule has 117 heavy (non-hydrogen) atoms. The number of hydrogen-bond donors (Lipinski definition) is 0. The summed E-state index contributed by atoms with van der Waals surface area (Å²) in [5.41, 5.74) is 26.5. The van der Waals surface area contributed by atoms with Gasteiger partial charge in [0.25, 0.3) is 0 Å². The van der Waals surface area contributed by atoms with Crippen LogP contribution in [0.3, 0.4) is 0 Å². The van der Waals surface area contributed by atoms with Crippen LogP contribution >= 0.6 is 22.7 Å². The Labute approximate surface area is 685 Å². The van der Waals surface area contributed by atoms with Crippen LogP contribution < -0.4 is 9.80 Å². The zero-order chi connectivity index (χ0) is 77.4. The highest BCUT2D eigenvalue weighted by molar-refractivity contribution is 7.27. The molecule has 4 nitrogen and oxygen atoms in total. The quantitative estimate of drug-likeness (QED) is 0.128. The predicted octanol–water partition coefficient (Wildman–Crippen LogP) is 32.0. The minimum absolute atomic E-state index is 0.212. The molecule has 0 spiro atoms. The largest absolute Gasteiger partial charge is 0.311 e. The molecule has 0 saturated carbocycles. The number of nitrogens with zero attached hydrogens (tertiary/aromatic N) is 4. The maximum atomic E-state index is 2.48. The second kappa shape index (κ2) is 27.4. The lowest BCUT2D eigenvalue weighted by Crippen LogP contribution is -2.17. The lowest BCUT2D eigenvalue weighted by molar-refractivity contribution is 0.660. The van der Waals surface area contributed by atoms with E-state index in [4.69, 9.17) is 0 Å². The van der Waals surface area contributed by atoms with Crippen molar-refractivity contribution in [1.29, 1.82) is 0 Å². The van der Waals surface area contributed by atoms with Gasteiger partial charge in [-0.05, 0) is 222 Å². The van der Waals surface area contributed by atoms with Crippen LogP contribution in [0.2, 0.25) is 0 Å². The van der Waals surface area contributed by atoms with Gasteiger partial charge in [-0.1, -0.05) is 287 Å². The monoisotopic (exact) mass is 1530 g/mol. The summed E-state index contributed by atoms with van der Waals surface area (Å²) in [4.78, 5) is 4.73. The van der Waals surface area contributed by atoms with Crippen molar-refractivity contribution in [1.82, 2.24) is 9.13 Å². The van der Waals surface area contributed by atoms with Crippen LogP contribution in [0.25, 0.3) is 172 Å². The first kappa shape index (κ1) is 68.2. The Kier molecular flexibility index (Phi) is 16.0. The SMILES string of the molecule is CC1(C)c2cc(N(c3ccccc3)c3ccc(-c4ccc5ccccc5c4)cc3)ccc2-c2ccc(-n3c4ccccc4c4c5sc6ccccc6c5ccc43)cc21.c1ccc(N(c2ccc(-c3ccc4ccccc4c3)cc2)c2ccc(-c3ccc(-n4c5ccccc5c5c6sc7ccccc7c6ccc54)c4ccccc34)cc2)cc1. The van der Waals surface area contributed by atoms with E-state index in [0.717, 1.165) is 34.1 Å². The van der Waals surface area contributed by atoms with E-state index >= 15 is 0 Å². The van der Waals surface area contributed by atoms with Gasteiger partial charge in [0.15, 0.2) is 0 Å². The molecule has 550 valence electrons. The summed E-state index contributed by atoms with van der Waals surface area (Å²) in [6.07, 6.45) is 0. The number of thiophene rings is 2. The van der Waals surface area contributed by atoms with Gasteiger partial charge in [-0.25, -0.2) is 0 Å². The van der Waals surface area contributed by atoms with E-state index < -0.39 is 0 Å². The van der Waals surface area contributed by atoms with Crippen LogP contribution in [-0.4, -0.2) is 9.13 Å². The van der Waals surface area contributed by atoms with E-state index in [1.165, 1.54) is 183 Å². The molecular weight excluding hydrogens is 1450 g/mol. The second-order valence-corrected chi connectivity index (χ2v) is 33.5. The van der Waals surface area contributed by atoms with Crippen molar-refractivity contribution < 1.29 is 0 Å². The Morgan fingerprint density at radius 1 is 0.231 bits per heavy atom. The van der Waals surface area contributed by atoms with Gasteiger partial charge in [0.05, 0.1) is 27.8 Å². The summed E-state index contributed by atoms with van der Waals surface area (Å²) in [5, 5.41) is 18.1. The number of hydrogen-bond acceptors (Lipinski definition) is 4.